The highest BCUT2D eigenvalue weighted by Crippen LogP contribution is 2.27. The molecular weight excluding hydrogens is 270 g/mol. The molecule has 6 heteroatoms. The quantitative estimate of drug-likeness (QED) is 0.589. The van der Waals surface area contributed by atoms with Gasteiger partial charge in [-0.05, 0) is 44.7 Å². The van der Waals surface area contributed by atoms with Gasteiger partial charge in [-0.25, -0.2) is 0 Å². The molecule has 3 N–H and O–H groups in total. The molecule has 1 aliphatic carbocycles. The second kappa shape index (κ2) is 7.83. The van der Waals surface area contributed by atoms with Gasteiger partial charge in [0.2, 0.25) is 5.91 Å². The van der Waals surface area contributed by atoms with Crippen molar-refractivity contribution in [2.24, 2.45) is 5.92 Å². The summed E-state index contributed by atoms with van der Waals surface area (Å²) >= 11 is 0. The normalized spacial score (nSPS) is 14.0. The number of hydrogen-bond donors (Lipinski definition) is 3. The van der Waals surface area contributed by atoms with E-state index in [9.17, 15) is 9.59 Å². The summed E-state index contributed by atoms with van der Waals surface area (Å²) in [6, 6.07) is 1.75. The van der Waals surface area contributed by atoms with Crippen LogP contribution in [0.4, 0.5) is 0 Å². The highest BCUT2D eigenvalue weighted by molar-refractivity contribution is 5.92. The lowest BCUT2D eigenvalue weighted by atomic mass is 10.2. The van der Waals surface area contributed by atoms with Crippen LogP contribution in [-0.2, 0) is 4.79 Å². The molecule has 0 spiro atoms. The fourth-order valence-corrected chi connectivity index (χ4v) is 1.98. The van der Waals surface area contributed by atoms with Crippen LogP contribution in [0.2, 0.25) is 0 Å². The van der Waals surface area contributed by atoms with Crippen molar-refractivity contribution in [2.45, 2.75) is 26.2 Å². The van der Waals surface area contributed by atoms with Crippen LogP contribution < -0.4 is 16.0 Å². The average molecular weight is 293 g/mol. The van der Waals surface area contributed by atoms with Crippen LogP contribution in [0.3, 0.4) is 0 Å². The molecule has 1 aliphatic rings. The summed E-state index contributed by atoms with van der Waals surface area (Å²) in [6.07, 6.45) is 4.76. The number of carbonyl (C=O) groups excluding carboxylic acids is 2. The van der Waals surface area contributed by atoms with E-state index in [0.29, 0.717) is 31.8 Å². The number of furan rings is 1. The molecular formula is C15H23N3O3. The summed E-state index contributed by atoms with van der Waals surface area (Å²) in [5.74, 6) is 0.917. The lowest BCUT2D eigenvalue weighted by Gasteiger charge is -2.07. The molecule has 6 nitrogen and oxygen atoms in total. The van der Waals surface area contributed by atoms with E-state index >= 15 is 0 Å². The van der Waals surface area contributed by atoms with E-state index in [2.05, 4.69) is 16.0 Å². The maximum Gasteiger partial charge on any atom is 0.287 e. The second-order valence-corrected chi connectivity index (χ2v) is 5.47. The molecule has 0 unspecified atom stereocenters. The van der Waals surface area contributed by atoms with Crippen molar-refractivity contribution in [3.63, 3.8) is 0 Å². The third-order valence-corrected chi connectivity index (χ3v) is 3.45. The van der Waals surface area contributed by atoms with Gasteiger partial charge in [-0.2, -0.15) is 0 Å². The molecule has 1 heterocycles. The second-order valence-electron chi connectivity index (χ2n) is 5.47. The molecule has 0 saturated heterocycles. The molecule has 2 rings (SSSR count). The van der Waals surface area contributed by atoms with Crippen molar-refractivity contribution >= 4 is 11.8 Å². The Morgan fingerprint density at radius 2 is 2.05 bits per heavy atom. The van der Waals surface area contributed by atoms with Crippen LogP contribution in [0.25, 0.3) is 0 Å². The van der Waals surface area contributed by atoms with Crippen molar-refractivity contribution in [1.29, 1.82) is 0 Å². The maximum atomic E-state index is 11.7. The van der Waals surface area contributed by atoms with Crippen molar-refractivity contribution in [1.82, 2.24) is 16.0 Å². The predicted octanol–water partition coefficient (Wildman–Crippen LogP) is 0.824. The Morgan fingerprint density at radius 1 is 1.29 bits per heavy atom. The number of rotatable bonds is 9. The number of aryl methyl sites for hydroxylation is 1. The minimum Gasteiger partial charge on any atom is -0.459 e. The minimum absolute atomic E-state index is 0.00357. The van der Waals surface area contributed by atoms with Crippen LogP contribution >= 0.6 is 0 Å². The van der Waals surface area contributed by atoms with Crippen LogP contribution in [0.5, 0.6) is 0 Å². The summed E-state index contributed by atoms with van der Waals surface area (Å²) in [6.45, 7) is 4.20. The van der Waals surface area contributed by atoms with Gasteiger partial charge in [-0.15, -0.1) is 0 Å². The topological polar surface area (TPSA) is 83.4 Å². The predicted molar refractivity (Wildman–Crippen MR) is 79.0 cm³/mol. The Hall–Kier alpha value is -1.82. The van der Waals surface area contributed by atoms with Gasteiger partial charge in [0.1, 0.15) is 0 Å². The number of hydrogen-bond acceptors (Lipinski definition) is 4. The molecule has 0 radical (unpaired) electrons. The molecule has 1 fully saturated rings. The first kappa shape index (κ1) is 15.6. The Balaban J connectivity index is 1.48. The molecule has 116 valence electrons. The molecule has 1 aromatic heterocycles. The lowest BCUT2D eigenvalue weighted by Crippen LogP contribution is -2.36. The maximum absolute atomic E-state index is 11.7. The zero-order valence-electron chi connectivity index (χ0n) is 12.4. The SMILES string of the molecule is Cc1ccoc1C(=O)NCCCNC(=O)CNCC1CC1. The standard InChI is InChI=1S/C15H23N3O3/c1-11-5-8-21-14(11)15(20)18-7-2-6-17-13(19)10-16-9-12-3-4-12/h5,8,12,16H,2-4,6-7,9-10H2,1H3,(H,17,19)(H,18,20). The monoisotopic (exact) mass is 293 g/mol. The van der Waals surface area contributed by atoms with Crippen LogP contribution in [0.15, 0.2) is 16.7 Å². The molecule has 0 aliphatic heterocycles. The summed E-state index contributed by atoms with van der Waals surface area (Å²) in [5.41, 5.74) is 0.822. The van der Waals surface area contributed by atoms with E-state index in [0.717, 1.165) is 18.0 Å². The first-order valence-electron chi connectivity index (χ1n) is 7.46. The van der Waals surface area contributed by atoms with E-state index in [1.165, 1.54) is 19.1 Å². The summed E-state index contributed by atoms with van der Waals surface area (Å²) in [4.78, 5) is 23.2. The zero-order valence-corrected chi connectivity index (χ0v) is 12.4. The molecule has 2 amide bonds. The van der Waals surface area contributed by atoms with Crippen molar-refractivity contribution in [3.05, 3.63) is 23.7 Å². The fourth-order valence-electron chi connectivity index (χ4n) is 1.98. The van der Waals surface area contributed by atoms with Crippen LogP contribution in [-0.4, -0.2) is 38.0 Å². The van der Waals surface area contributed by atoms with Gasteiger partial charge in [0.25, 0.3) is 5.91 Å². The third kappa shape index (κ3) is 5.59. The molecule has 21 heavy (non-hydrogen) atoms. The van der Waals surface area contributed by atoms with E-state index in [-0.39, 0.29) is 11.8 Å². The highest BCUT2D eigenvalue weighted by Gasteiger charge is 2.20. The Morgan fingerprint density at radius 3 is 2.71 bits per heavy atom. The zero-order chi connectivity index (χ0) is 15.1. The van der Waals surface area contributed by atoms with Crippen LogP contribution in [0.1, 0.15) is 35.4 Å². The fraction of sp³-hybridized carbons (Fsp3) is 0.600. The van der Waals surface area contributed by atoms with E-state index < -0.39 is 0 Å². The first-order valence-corrected chi connectivity index (χ1v) is 7.46. The average Bonchev–Trinajstić information content (AvgIpc) is 3.18. The largest absolute Gasteiger partial charge is 0.459 e. The lowest BCUT2D eigenvalue weighted by molar-refractivity contribution is -0.120. The summed E-state index contributed by atoms with van der Waals surface area (Å²) in [5, 5.41) is 8.72. The molecule has 0 bridgehead atoms. The van der Waals surface area contributed by atoms with Gasteiger partial charge in [0.05, 0.1) is 12.8 Å². The highest BCUT2D eigenvalue weighted by atomic mass is 16.3. The van der Waals surface area contributed by atoms with E-state index in [1.54, 1.807) is 6.07 Å². The van der Waals surface area contributed by atoms with Gasteiger partial charge in [-0.3, -0.25) is 9.59 Å². The Bertz CT molecular complexity index is 480. The van der Waals surface area contributed by atoms with Gasteiger partial charge in [0.15, 0.2) is 5.76 Å². The summed E-state index contributed by atoms with van der Waals surface area (Å²) < 4.78 is 5.10. The third-order valence-electron chi connectivity index (χ3n) is 3.45. The summed E-state index contributed by atoms with van der Waals surface area (Å²) in [7, 11) is 0. The molecule has 0 atom stereocenters. The molecule has 1 saturated carbocycles. The van der Waals surface area contributed by atoms with Crippen LogP contribution in [0, 0.1) is 12.8 Å². The van der Waals surface area contributed by atoms with E-state index in [1.807, 2.05) is 6.92 Å². The van der Waals surface area contributed by atoms with Crippen molar-refractivity contribution in [2.75, 3.05) is 26.2 Å². The smallest absolute Gasteiger partial charge is 0.287 e. The van der Waals surface area contributed by atoms with E-state index in [4.69, 9.17) is 4.42 Å². The van der Waals surface area contributed by atoms with Gasteiger partial charge >= 0.3 is 0 Å². The van der Waals surface area contributed by atoms with Gasteiger partial charge in [-0.1, -0.05) is 0 Å². The van der Waals surface area contributed by atoms with Crippen molar-refractivity contribution < 1.29 is 14.0 Å². The Kier molecular flexibility index (Phi) is 5.80. The first-order chi connectivity index (χ1) is 10.2. The molecule has 0 aromatic carbocycles. The number of amides is 2. The minimum atomic E-state index is -0.213. The number of nitrogens with one attached hydrogen (secondary N) is 3. The van der Waals surface area contributed by atoms with Gasteiger partial charge < -0.3 is 20.4 Å². The molecule has 1 aromatic rings. The van der Waals surface area contributed by atoms with Crippen molar-refractivity contribution in [3.8, 4) is 0 Å². The Labute approximate surface area is 124 Å². The number of carbonyl (C=O) groups is 2. The van der Waals surface area contributed by atoms with Gasteiger partial charge in [0, 0.05) is 18.7 Å².